The molecule has 1 unspecified atom stereocenters. The van der Waals surface area contributed by atoms with E-state index in [9.17, 15) is 0 Å². The molecule has 104 valence electrons. The van der Waals surface area contributed by atoms with Gasteiger partial charge in [0.1, 0.15) is 0 Å². The first-order valence-electron chi connectivity index (χ1n) is 10.6. The molecule has 0 radical (unpaired) electrons. The highest BCUT2D eigenvalue weighted by atomic mass is 32.2. The van der Waals surface area contributed by atoms with E-state index in [1.807, 2.05) is 0 Å². The third-order valence-corrected chi connectivity index (χ3v) is 4.12. The third kappa shape index (κ3) is 2.43. The minimum absolute atomic E-state index is 0.319. The summed E-state index contributed by atoms with van der Waals surface area (Å²) in [4.78, 5) is 2.81. The molecular formula is C17H20N2S. The smallest absolute Gasteiger partial charge is 0.0553 e. The Morgan fingerprint density at radius 2 is 1.80 bits per heavy atom. The molecular weight excluding hydrogens is 264 g/mol. The summed E-state index contributed by atoms with van der Waals surface area (Å²) in [7, 11) is 0.945. The summed E-state index contributed by atoms with van der Waals surface area (Å²) in [5.74, 6) is 0. The maximum absolute atomic E-state index is 8.85. The van der Waals surface area contributed by atoms with Crippen LogP contribution in [0.15, 0.2) is 58.3 Å². The molecule has 0 saturated carbocycles. The van der Waals surface area contributed by atoms with E-state index in [4.69, 9.17) is 12.3 Å². The SMILES string of the molecule is [2H]C([2H])([2H])N(C)C([2H])(C([2H])([2H])[2H])C([2H])([2H])N1c2ccccc2Sc2ccccc21. The fraction of sp³-hybridized carbons (Fsp3) is 0.294. The van der Waals surface area contributed by atoms with Gasteiger partial charge in [0.2, 0.25) is 0 Å². The molecule has 0 fully saturated rings. The van der Waals surface area contributed by atoms with Crippen LogP contribution in [0.4, 0.5) is 11.4 Å². The zero-order valence-electron chi connectivity index (χ0n) is 19.9. The Kier molecular flexibility index (Phi) is 1.80. The number of hydrogen-bond acceptors (Lipinski definition) is 3. The lowest BCUT2D eigenvalue weighted by molar-refractivity contribution is 0.319. The van der Waals surface area contributed by atoms with Crippen molar-refractivity contribution in [1.29, 1.82) is 0 Å². The number of nitrogens with zero attached hydrogens (tertiary/aromatic N) is 2. The molecule has 0 amide bonds. The van der Waals surface area contributed by atoms with Crippen molar-refractivity contribution in [1.82, 2.24) is 4.90 Å². The van der Waals surface area contributed by atoms with E-state index in [2.05, 4.69) is 0 Å². The second-order valence-corrected chi connectivity index (χ2v) is 5.48. The predicted molar refractivity (Wildman–Crippen MR) is 87.2 cm³/mol. The summed E-state index contributed by atoms with van der Waals surface area (Å²) in [5, 5.41) is 0. The van der Waals surface area contributed by atoms with Gasteiger partial charge in [-0.15, -0.1) is 0 Å². The number of anilines is 2. The lowest BCUT2D eigenvalue weighted by Crippen LogP contribution is -2.37. The van der Waals surface area contributed by atoms with Crippen LogP contribution in [-0.2, 0) is 0 Å². The highest BCUT2D eigenvalue weighted by Gasteiger charge is 2.24. The Hall–Kier alpha value is -1.45. The van der Waals surface area contributed by atoms with Crippen molar-refractivity contribution in [2.45, 2.75) is 22.7 Å². The van der Waals surface area contributed by atoms with Crippen LogP contribution in [0, 0.1) is 0 Å². The van der Waals surface area contributed by atoms with Crippen molar-refractivity contribution in [3.05, 3.63) is 48.5 Å². The first kappa shape index (κ1) is 6.54. The highest BCUT2D eigenvalue weighted by Crippen LogP contribution is 2.47. The first-order valence-corrected chi connectivity index (χ1v) is 6.94. The summed E-state index contributed by atoms with van der Waals surface area (Å²) in [6.45, 7) is -9.20. The molecule has 1 atom stereocenters. The van der Waals surface area contributed by atoms with Crippen molar-refractivity contribution in [3.63, 3.8) is 0 Å². The molecule has 1 aliphatic heterocycles. The van der Waals surface area contributed by atoms with Crippen molar-refractivity contribution < 1.29 is 12.3 Å². The molecule has 0 N–H and O–H groups in total. The molecule has 2 nitrogen and oxygen atoms in total. The van der Waals surface area contributed by atoms with Crippen molar-refractivity contribution in [2.75, 3.05) is 25.4 Å². The molecule has 1 aliphatic rings. The van der Waals surface area contributed by atoms with Crippen LogP contribution in [0.2, 0.25) is 0 Å². The van der Waals surface area contributed by atoms with E-state index >= 15 is 0 Å². The summed E-state index contributed by atoms with van der Waals surface area (Å²) < 4.78 is 73.2. The monoisotopic (exact) mass is 293 g/mol. The van der Waals surface area contributed by atoms with Crippen LogP contribution in [0.1, 0.15) is 19.2 Å². The molecule has 0 aromatic heterocycles. The second-order valence-electron chi connectivity index (χ2n) is 4.39. The van der Waals surface area contributed by atoms with Gasteiger partial charge in [-0.1, -0.05) is 36.0 Å². The summed E-state index contributed by atoms with van der Waals surface area (Å²) in [6, 6.07) is 10.6. The lowest BCUT2D eigenvalue weighted by atomic mass is 10.2. The molecule has 2 aromatic rings. The molecule has 2 aromatic carbocycles. The number of fused-ring (bicyclic) bond motifs is 2. The topological polar surface area (TPSA) is 6.48 Å². The molecule has 3 heteroatoms. The number of likely N-dealkylation sites (N-methyl/N-ethyl adjacent to an activating group) is 1. The Bertz CT molecular complexity index is 867. The van der Waals surface area contributed by atoms with Crippen LogP contribution in [0.5, 0.6) is 0 Å². The van der Waals surface area contributed by atoms with Gasteiger partial charge in [-0.3, -0.25) is 0 Å². The van der Waals surface area contributed by atoms with Crippen LogP contribution < -0.4 is 4.90 Å². The average molecular weight is 293 g/mol. The summed E-state index contributed by atoms with van der Waals surface area (Å²) >= 11 is 1.40. The Morgan fingerprint density at radius 3 is 2.35 bits per heavy atom. The highest BCUT2D eigenvalue weighted by molar-refractivity contribution is 7.99. The normalized spacial score (nSPS) is 25.1. The van der Waals surface area contributed by atoms with Gasteiger partial charge in [0.15, 0.2) is 0 Å². The Labute approximate surface area is 138 Å². The molecule has 0 spiro atoms. The number of rotatable bonds is 3. The maximum atomic E-state index is 8.85. The van der Waals surface area contributed by atoms with Crippen LogP contribution in [0.25, 0.3) is 0 Å². The van der Waals surface area contributed by atoms with Gasteiger partial charge in [-0.2, -0.15) is 0 Å². The van der Waals surface area contributed by atoms with E-state index < -0.39 is 26.3 Å². The van der Waals surface area contributed by atoms with E-state index in [1.165, 1.54) is 11.8 Å². The first-order chi connectivity index (χ1) is 13.2. The Balaban J connectivity index is 2.30. The average Bonchev–Trinajstić information content (AvgIpc) is 2.62. The van der Waals surface area contributed by atoms with Gasteiger partial charge in [0.05, 0.1) is 14.1 Å². The zero-order chi connectivity index (χ0) is 21.8. The molecule has 20 heavy (non-hydrogen) atoms. The fourth-order valence-electron chi connectivity index (χ4n) is 2.01. The predicted octanol–water partition coefficient (Wildman–Crippen LogP) is 4.24. The molecule has 0 aliphatic carbocycles. The number of hydrogen-bond donors (Lipinski definition) is 0. The largest absolute Gasteiger partial charge is 0.338 e. The van der Waals surface area contributed by atoms with E-state index in [1.54, 1.807) is 48.5 Å². The van der Waals surface area contributed by atoms with E-state index in [0.29, 0.717) is 26.1 Å². The fourth-order valence-corrected chi connectivity index (χ4v) is 3.06. The van der Waals surface area contributed by atoms with Crippen LogP contribution in [-0.4, -0.2) is 31.4 Å². The van der Waals surface area contributed by atoms with Gasteiger partial charge in [0, 0.05) is 31.9 Å². The summed E-state index contributed by atoms with van der Waals surface area (Å²) in [6.07, 6.45) is 0. The van der Waals surface area contributed by atoms with Gasteiger partial charge >= 0.3 is 0 Å². The van der Waals surface area contributed by atoms with Gasteiger partial charge < -0.3 is 9.80 Å². The van der Waals surface area contributed by atoms with Crippen LogP contribution in [0.3, 0.4) is 0 Å². The van der Waals surface area contributed by atoms with Gasteiger partial charge in [-0.25, -0.2) is 0 Å². The number of benzene rings is 2. The second kappa shape index (κ2) is 5.51. The van der Waals surface area contributed by atoms with Gasteiger partial charge in [0.25, 0.3) is 0 Å². The minimum atomic E-state index is -3.27. The third-order valence-electron chi connectivity index (χ3n) is 2.99. The van der Waals surface area contributed by atoms with Crippen molar-refractivity contribution in [2.24, 2.45) is 0 Å². The summed E-state index contributed by atoms with van der Waals surface area (Å²) in [5.41, 5.74) is 0.752. The molecule has 0 saturated heterocycles. The van der Waals surface area contributed by atoms with E-state index in [0.717, 1.165) is 11.9 Å². The zero-order valence-corrected chi connectivity index (χ0v) is 11.7. The van der Waals surface area contributed by atoms with Gasteiger partial charge in [-0.05, 0) is 45.1 Å². The maximum Gasteiger partial charge on any atom is 0.0553 e. The van der Waals surface area contributed by atoms with E-state index in [-0.39, 0.29) is 0 Å². The van der Waals surface area contributed by atoms with Crippen molar-refractivity contribution in [3.8, 4) is 0 Å². The van der Waals surface area contributed by atoms with Crippen molar-refractivity contribution >= 4 is 23.1 Å². The number of para-hydroxylation sites is 2. The standard InChI is InChI=1S/C17H20N2S/c1-13(18(2)3)12-19-14-8-4-6-10-16(14)20-17-11-7-5-9-15(17)19/h4-11,13H,12H2,1-3H3/i1D3,2D3,12D2,13D. The minimum Gasteiger partial charge on any atom is -0.338 e. The quantitative estimate of drug-likeness (QED) is 0.836. The molecule has 1 heterocycles. The lowest BCUT2D eigenvalue weighted by Gasteiger charge is -2.36. The molecule has 0 bridgehead atoms. The molecule has 3 rings (SSSR count). The van der Waals surface area contributed by atoms with Crippen LogP contribution >= 0.6 is 11.8 Å². The Morgan fingerprint density at radius 1 is 1.20 bits per heavy atom.